The van der Waals surface area contributed by atoms with E-state index in [-0.39, 0.29) is 29.6 Å². The van der Waals surface area contributed by atoms with Gasteiger partial charge >= 0.3 is 29.6 Å². The minimum Gasteiger partial charge on any atom is -0.550 e. The maximum Gasteiger partial charge on any atom is 1.00 e. The van der Waals surface area contributed by atoms with Crippen LogP contribution in [-0.4, -0.2) is 5.97 Å². The maximum atomic E-state index is 10.4. The molecule has 64 valence electrons. The molecule has 1 aromatic rings. The molecule has 0 bridgehead atoms. The monoisotopic (exact) mass is 186 g/mol. The average Bonchev–Trinajstić information content (AvgIpc) is 2.06. The zero-order valence-electron chi connectivity index (χ0n) is 7.99. The minimum atomic E-state index is -0.987. The third-order valence-electron chi connectivity index (χ3n) is 1.79. The molecule has 0 unspecified atom stereocenters. The number of benzene rings is 1. The van der Waals surface area contributed by atoms with E-state index in [1.807, 2.05) is 30.3 Å². The first-order chi connectivity index (χ1) is 5.70. The molecule has 0 heterocycles. The van der Waals surface area contributed by atoms with Crippen LogP contribution < -0.4 is 34.7 Å². The van der Waals surface area contributed by atoms with Gasteiger partial charge in [-0.1, -0.05) is 37.3 Å². The van der Waals surface area contributed by atoms with Crippen molar-refractivity contribution in [2.45, 2.75) is 13.3 Å². The summed E-state index contributed by atoms with van der Waals surface area (Å²) in [5.74, 6) is -1.40. The van der Waals surface area contributed by atoms with Crippen LogP contribution in [0.1, 0.15) is 12.5 Å². The molecule has 0 spiro atoms. The Morgan fingerprint density at radius 2 is 1.92 bits per heavy atom. The van der Waals surface area contributed by atoms with Gasteiger partial charge in [-0.05, 0) is 17.9 Å². The molecule has 1 aromatic carbocycles. The molecule has 1 atom stereocenters. The summed E-state index contributed by atoms with van der Waals surface area (Å²) < 4.78 is 0. The van der Waals surface area contributed by atoms with Crippen LogP contribution in [0.4, 0.5) is 0 Å². The first kappa shape index (κ1) is 12.7. The Kier molecular flexibility index (Phi) is 6.04. The molecule has 0 aliphatic heterocycles. The number of carboxylic acids is 1. The van der Waals surface area contributed by atoms with Gasteiger partial charge in [0.15, 0.2) is 0 Å². The van der Waals surface area contributed by atoms with Crippen molar-refractivity contribution in [2.75, 3.05) is 0 Å². The van der Waals surface area contributed by atoms with Gasteiger partial charge in [-0.3, -0.25) is 0 Å². The van der Waals surface area contributed by atoms with Crippen LogP contribution >= 0.6 is 0 Å². The van der Waals surface area contributed by atoms with E-state index < -0.39 is 11.9 Å². The van der Waals surface area contributed by atoms with E-state index in [0.717, 1.165) is 5.56 Å². The number of hydrogen-bond acceptors (Lipinski definition) is 2. The summed E-state index contributed by atoms with van der Waals surface area (Å²) in [6.07, 6.45) is 0.545. The Labute approximate surface area is 100 Å². The summed E-state index contributed by atoms with van der Waals surface area (Å²) in [5.41, 5.74) is 1.04. The van der Waals surface area contributed by atoms with E-state index in [1.165, 1.54) is 0 Å². The molecule has 2 nitrogen and oxygen atoms in total. The molecule has 13 heavy (non-hydrogen) atoms. The van der Waals surface area contributed by atoms with Crippen LogP contribution in [0.3, 0.4) is 0 Å². The van der Waals surface area contributed by atoms with Crippen LogP contribution in [0.2, 0.25) is 0 Å². The topological polar surface area (TPSA) is 40.1 Å². The predicted octanol–water partition coefficient (Wildman–Crippen LogP) is -2.38. The van der Waals surface area contributed by atoms with Crippen LogP contribution in [0.5, 0.6) is 0 Å². The van der Waals surface area contributed by atoms with E-state index in [9.17, 15) is 9.90 Å². The zero-order valence-corrected chi connectivity index (χ0v) is 9.99. The second kappa shape index (κ2) is 6.19. The van der Waals surface area contributed by atoms with E-state index >= 15 is 0 Å². The Balaban J connectivity index is 0.00000144. The van der Waals surface area contributed by atoms with E-state index in [2.05, 4.69) is 0 Å². The molecule has 0 amide bonds. The fraction of sp³-hybridized carbons (Fsp3) is 0.300. The Morgan fingerprint density at radius 3 is 2.38 bits per heavy atom. The van der Waals surface area contributed by atoms with Crippen LogP contribution in [-0.2, 0) is 11.2 Å². The number of hydrogen-bond donors (Lipinski definition) is 0. The third-order valence-corrected chi connectivity index (χ3v) is 1.79. The summed E-state index contributed by atoms with van der Waals surface area (Å²) in [4.78, 5) is 10.4. The van der Waals surface area contributed by atoms with Gasteiger partial charge in [-0.15, -0.1) is 0 Å². The fourth-order valence-electron chi connectivity index (χ4n) is 1.05. The molecule has 0 saturated carbocycles. The van der Waals surface area contributed by atoms with Crippen LogP contribution in [0, 0.1) is 5.92 Å². The Morgan fingerprint density at radius 1 is 1.38 bits per heavy atom. The summed E-state index contributed by atoms with van der Waals surface area (Å²) in [5, 5.41) is 10.4. The fourth-order valence-corrected chi connectivity index (χ4v) is 1.05. The number of carbonyl (C=O) groups is 1. The largest absolute Gasteiger partial charge is 1.00 e. The molecule has 0 aromatic heterocycles. The summed E-state index contributed by atoms with van der Waals surface area (Å²) in [6.45, 7) is 1.66. The first-order valence-corrected chi connectivity index (χ1v) is 3.95. The third kappa shape index (κ3) is 4.46. The van der Waals surface area contributed by atoms with Gasteiger partial charge in [-0.2, -0.15) is 0 Å². The predicted molar refractivity (Wildman–Crippen MR) is 44.3 cm³/mol. The average molecular weight is 186 g/mol. The van der Waals surface area contributed by atoms with Gasteiger partial charge in [0.2, 0.25) is 0 Å². The van der Waals surface area contributed by atoms with E-state index in [4.69, 9.17) is 0 Å². The Bertz CT molecular complexity index is 259. The van der Waals surface area contributed by atoms with Crippen molar-refractivity contribution in [3.63, 3.8) is 0 Å². The molecular formula is C10H11NaO2. The summed E-state index contributed by atoms with van der Waals surface area (Å²) in [6, 6.07) is 9.54. The molecule has 1 rings (SSSR count). The van der Waals surface area contributed by atoms with Gasteiger partial charge in [0.25, 0.3) is 0 Å². The van der Waals surface area contributed by atoms with Crippen LogP contribution in [0.15, 0.2) is 30.3 Å². The van der Waals surface area contributed by atoms with Gasteiger partial charge < -0.3 is 9.90 Å². The SMILES string of the molecule is C[C@H](Cc1ccccc1)C(=O)[O-].[Na+]. The molecule has 0 radical (unpaired) electrons. The second-order valence-electron chi connectivity index (χ2n) is 2.91. The number of rotatable bonds is 3. The van der Waals surface area contributed by atoms with Crippen molar-refractivity contribution < 1.29 is 39.5 Å². The Hall–Kier alpha value is -0.310. The molecule has 0 N–H and O–H groups in total. The molecule has 0 fully saturated rings. The van der Waals surface area contributed by atoms with Gasteiger partial charge in [0.1, 0.15) is 0 Å². The first-order valence-electron chi connectivity index (χ1n) is 3.95. The van der Waals surface area contributed by atoms with Crippen molar-refractivity contribution in [3.05, 3.63) is 35.9 Å². The summed E-state index contributed by atoms with van der Waals surface area (Å²) in [7, 11) is 0. The minimum absolute atomic E-state index is 0. The zero-order chi connectivity index (χ0) is 8.97. The molecule has 0 aliphatic carbocycles. The van der Waals surface area contributed by atoms with Crippen molar-refractivity contribution in [1.29, 1.82) is 0 Å². The smallest absolute Gasteiger partial charge is 0.550 e. The van der Waals surface area contributed by atoms with Crippen molar-refractivity contribution in [3.8, 4) is 0 Å². The van der Waals surface area contributed by atoms with Crippen LogP contribution in [0.25, 0.3) is 0 Å². The molecule has 0 saturated heterocycles. The molecule has 0 aliphatic rings. The quantitative estimate of drug-likeness (QED) is 0.494. The van der Waals surface area contributed by atoms with Gasteiger partial charge in [0, 0.05) is 5.97 Å². The van der Waals surface area contributed by atoms with Gasteiger partial charge in [0.05, 0.1) is 0 Å². The van der Waals surface area contributed by atoms with Crippen molar-refractivity contribution in [1.82, 2.24) is 0 Å². The van der Waals surface area contributed by atoms with Gasteiger partial charge in [-0.25, -0.2) is 0 Å². The number of carboxylic acid groups (broad SMARTS) is 1. The summed E-state index contributed by atoms with van der Waals surface area (Å²) >= 11 is 0. The standard InChI is InChI=1S/C10H12O2.Na/c1-8(10(11)12)7-9-5-3-2-4-6-9;/h2-6,8H,7H2,1H3,(H,11,12);/q;+1/p-1/t8-;/m1./s1. The normalized spacial score (nSPS) is 11.5. The number of carbonyl (C=O) groups excluding carboxylic acids is 1. The second-order valence-corrected chi connectivity index (χ2v) is 2.91. The molecule has 3 heteroatoms. The van der Waals surface area contributed by atoms with E-state index in [0.29, 0.717) is 6.42 Å². The van der Waals surface area contributed by atoms with E-state index in [1.54, 1.807) is 6.92 Å². The maximum absolute atomic E-state index is 10.4. The number of aliphatic carboxylic acids is 1. The van der Waals surface area contributed by atoms with Crippen molar-refractivity contribution in [2.24, 2.45) is 5.92 Å². The molecular weight excluding hydrogens is 175 g/mol. The van der Waals surface area contributed by atoms with Crippen molar-refractivity contribution >= 4 is 5.97 Å².